The van der Waals surface area contributed by atoms with Crippen LogP contribution in [0.3, 0.4) is 0 Å². The van der Waals surface area contributed by atoms with Crippen molar-refractivity contribution in [1.82, 2.24) is 10.2 Å². The van der Waals surface area contributed by atoms with Crippen molar-refractivity contribution >= 4 is 11.6 Å². The highest BCUT2D eigenvalue weighted by Gasteiger charge is 2.09. The summed E-state index contributed by atoms with van der Waals surface area (Å²) in [6.45, 7) is 0.682. The number of rotatable bonds is 4. The third-order valence-corrected chi connectivity index (χ3v) is 2.84. The van der Waals surface area contributed by atoms with E-state index in [1.54, 1.807) is 0 Å². The molecule has 2 rings (SSSR count). The van der Waals surface area contributed by atoms with Gasteiger partial charge < -0.3 is 5.73 Å². The van der Waals surface area contributed by atoms with Crippen molar-refractivity contribution in [1.29, 1.82) is 0 Å². The van der Waals surface area contributed by atoms with Gasteiger partial charge in [0.1, 0.15) is 0 Å². The third kappa shape index (κ3) is 2.26. The Balaban J connectivity index is 2.33. The Hall–Kier alpha value is -1.32. The first-order valence-electron chi connectivity index (χ1n) is 5.30. The molecule has 4 heteroatoms. The zero-order valence-corrected chi connectivity index (χ0v) is 9.67. The molecular weight excluding hydrogens is 222 g/mol. The summed E-state index contributed by atoms with van der Waals surface area (Å²) in [7, 11) is 0. The highest BCUT2D eigenvalue weighted by atomic mass is 35.5. The Bertz CT molecular complexity index is 465. The lowest BCUT2D eigenvalue weighted by atomic mass is 10.0. The number of hydrogen-bond acceptors (Lipinski definition) is 2. The Morgan fingerprint density at radius 2 is 2.06 bits per heavy atom. The monoisotopic (exact) mass is 235 g/mol. The molecule has 3 N–H and O–H groups in total. The molecule has 3 nitrogen and oxygen atoms in total. The summed E-state index contributed by atoms with van der Waals surface area (Å²) >= 11 is 6.16. The van der Waals surface area contributed by atoms with Crippen LogP contribution in [0.15, 0.2) is 30.5 Å². The predicted octanol–water partition coefficient (Wildman–Crippen LogP) is 2.62. The van der Waals surface area contributed by atoms with Gasteiger partial charge in [-0.05, 0) is 25.5 Å². The molecule has 84 valence electrons. The number of aromatic amines is 1. The van der Waals surface area contributed by atoms with Gasteiger partial charge in [-0.15, -0.1) is 0 Å². The van der Waals surface area contributed by atoms with Gasteiger partial charge in [0.05, 0.1) is 6.20 Å². The van der Waals surface area contributed by atoms with E-state index in [0.29, 0.717) is 6.54 Å². The van der Waals surface area contributed by atoms with Gasteiger partial charge >= 0.3 is 0 Å². The summed E-state index contributed by atoms with van der Waals surface area (Å²) in [6, 6.07) is 7.78. The van der Waals surface area contributed by atoms with Crippen LogP contribution in [0.25, 0.3) is 11.1 Å². The van der Waals surface area contributed by atoms with E-state index in [4.69, 9.17) is 17.3 Å². The molecule has 0 spiro atoms. The number of nitrogens with one attached hydrogen (secondary N) is 1. The first kappa shape index (κ1) is 11.2. The van der Waals surface area contributed by atoms with E-state index in [0.717, 1.165) is 34.7 Å². The van der Waals surface area contributed by atoms with Crippen LogP contribution in [-0.4, -0.2) is 16.7 Å². The maximum Gasteiger partial charge on any atom is 0.0569 e. The van der Waals surface area contributed by atoms with E-state index >= 15 is 0 Å². The highest BCUT2D eigenvalue weighted by Crippen LogP contribution is 2.29. The molecule has 1 heterocycles. The van der Waals surface area contributed by atoms with Crippen LogP contribution in [-0.2, 0) is 6.42 Å². The summed E-state index contributed by atoms with van der Waals surface area (Å²) in [5.74, 6) is 0. The largest absolute Gasteiger partial charge is 0.330 e. The van der Waals surface area contributed by atoms with Crippen LogP contribution < -0.4 is 5.73 Å². The van der Waals surface area contributed by atoms with Gasteiger partial charge in [0.15, 0.2) is 0 Å². The van der Waals surface area contributed by atoms with Gasteiger partial charge in [-0.2, -0.15) is 5.10 Å². The van der Waals surface area contributed by atoms with Gasteiger partial charge in [0, 0.05) is 21.8 Å². The van der Waals surface area contributed by atoms with Crippen molar-refractivity contribution < 1.29 is 0 Å². The highest BCUT2D eigenvalue weighted by molar-refractivity contribution is 6.33. The predicted molar refractivity (Wildman–Crippen MR) is 66.4 cm³/mol. The minimum Gasteiger partial charge on any atom is -0.330 e. The summed E-state index contributed by atoms with van der Waals surface area (Å²) in [4.78, 5) is 0. The Labute approximate surface area is 99.6 Å². The molecule has 0 unspecified atom stereocenters. The molecule has 0 saturated carbocycles. The fraction of sp³-hybridized carbons (Fsp3) is 0.250. The van der Waals surface area contributed by atoms with Gasteiger partial charge in [-0.1, -0.05) is 29.8 Å². The minimum absolute atomic E-state index is 0.682. The summed E-state index contributed by atoms with van der Waals surface area (Å²) < 4.78 is 0. The quantitative estimate of drug-likeness (QED) is 0.856. The lowest BCUT2D eigenvalue weighted by molar-refractivity contribution is 0.805. The lowest BCUT2D eigenvalue weighted by Gasteiger charge is -2.04. The second-order valence-electron chi connectivity index (χ2n) is 3.63. The van der Waals surface area contributed by atoms with Gasteiger partial charge in [-0.3, -0.25) is 5.10 Å². The molecule has 0 bridgehead atoms. The topological polar surface area (TPSA) is 54.7 Å². The van der Waals surface area contributed by atoms with Crippen molar-refractivity contribution in [3.63, 3.8) is 0 Å². The molecule has 0 saturated heterocycles. The van der Waals surface area contributed by atoms with E-state index in [2.05, 4.69) is 10.2 Å². The Morgan fingerprint density at radius 3 is 2.81 bits per heavy atom. The SMILES string of the molecule is NCCCc1[nH]ncc1-c1ccccc1Cl. The molecule has 0 aliphatic heterocycles. The maximum absolute atomic E-state index is 6.16. The molecule has 0 atom stereocenters. The van der Waals surface area contributed by atoms with E-state index in [9.17, 15) is 0 Å². The van der Waals surface area contributed by atoms with Crippen LogP contribution in [0.4, 0.5) is 0 Å². The number of aromatic nitrogens is 2. The van der Waals surface area contributed by atoms with Crippen LogP contribution >= 0.6 is 11.6 Å². The van der Waals surface area contributed by atoms with Crippen LogP contribution in [0.5, 0.6) is 0 Å². The molecule has 0 fully saturated rings. The van der Waals surface area contributed by atoms with Crippen molar-refractivity contribution in [2.24, 2.45) is 5.73 Å². The van der Waals surface area contributed by atoms with E-state index in [-0.39, 0.29) is 0 Å². The van der Waals surface area contributed by atoms with Crippen molar-refractivity contribution in [2.75, 3.05) is 6.54 Å². The van der Waals surface area contributed by atoms with Crippen molar-refractivity contribution in [2.45, 2.75) is 12.8 Å². The zero-order chi connectivity index (χ0) is 11.4. The number of benzene rings is 1. The number of halogens is 1. The standard InChI is InChI=1S/C12H14ClN3/c13-11-5-2-1-4-9(11)10-8-15-16-12(10)6-3-7-14/h1-2,4-5,8H,3,6-7,14H2,(H,15,16). The van der Waals surface area contributed by atoms with E-state index < -0.39 is 0 Å². The average Bonchev–Trinajstić information content (AvgIpc) is 2.75. The van der Waals surface area contributed by atoms with Gasteiger partial charge in [-0.25, -0.2) is 0 Å². The molecule has 0 aliphatic carbocycles. The summed E-state index contributed by atoms with van der Waals surface area (Å²) in [5.41, 5.74) is 8.69. The number of H-pyrrole nitrogens is 1. The van der Waals surface area contributed by atoms with E-state index in [1.165, 1.54) is 0 Å². The Kier molecular flexibility index (Phi) is 3.59. The maximum atomic E-state index is 6.16. The summed E-state index contributed by atoms with van der Waals surface area (Å²) in [5, 5.41) is 7.82. The number of hydrogen-bond donors (Lipinski definition) is 2. The average molecular weight is 236 g/mol. The fourth-order valence-corrected chi connectivity index (χ4v) is 1.93. The molecule has 1 aromatic heterocycles. The normalized spacial score (nSPS) is 10.6. The molecular formula is C12H14ClN3. The van der Waals surface area contributed by atoms with Gasteiger partial charge in [0.25, 0.3) is 0 Å². The number of nitrogens with zero attached hydrogens (tertiary/aromatic N) is 1. The molecule has 16 heavy (non-hydrogen) atoms. The van der Waals surface area contributed by atoms with Crippen LogP contribution in [0, 0.1) is 0 Å². The van der Waals surface area contributed by atoms with Crippen molar-refractivity contribution in [3.8, 4) is 11.1 Å². The first-order chi connectivity index (χ1) is 7.83. The van der Waals surface area contributed by atoms with Crippen LogP contribution in [0.2, 0.25) is 5.02 Å². The fourth-order valence-electron chi connectivity index (χ4n) is 1.69. The van der Waals surface area contributed by atoms with Gasteiger partial charge in [0.2, 0.25) is 0 Å². The smallest absolute Gasteiger partial charge is 0.0569 e. The molecule has 2 aromatic rings. The second-order valence-corrected chi connectivity index (χ2v) is 4.04. The second kappa shape index (κ2) is 5.14. The third-order valence-electron chi connectivity index (χ3n) is 2.51. The molecule has 0 aliphatic rings. The first-order valence-corrected chi connectivity index (χ1v) is 5.68. The molecule has 1 aromatic carbocycles. The number of aryl methyl sites for hydroxylation is 1. The van der Waals surface area contributed by atoms with Crippen LogP contribution in [0.1, 0.15) is 12.1 Å². The zero-order valence-electron chi connectivity index (χ0n) is 8.91. The summed E-state index contributed by atoms with van der Waals surface area (Å²) in [6.07, 6.45) is 3.66. The number of nitrogens with two attached hydrogens (primary N) is 1. The molecule has 0 radical (unpaired) electrons. The lowest BCUT2D eigenvalue weighted by Crippen LogP contribution is -2.01. The Morgan fingerprint density at radius 1 is 1.25 bits per heavy atom. The molecule has 0 amide bonds. The van der Waals surface area contributed by atoms with Crippen molar-refractivity contribution in [3.05, 3.63) is 41.2 Å². The van der Waals surface area contributed by atoms with E-state index in [1.807, 2.05) is 30.5 Å². The minimum atomic E-state index is 0.682.